The second kappa shape index (κ2) is 9.29. The zero-order chi connectivity index (χ0) is 23.8. The van der Waals surface area contributed by atoms with Crippen molar-refractivity contribution in [3.8, 4) is 0 Å². The van der Waals surface area contributed by atoms with E-state index in [4.69, 9.17) is 23.4 Å². The van der Waals surface area contributed by atoms with Crippen LogP contribution < -0.4 is 0 Å². The average molecular weight is 465 g/mol. The first-order chi connectivity index (χ1) is 14.8. The van der Waals surface area contributed by atoms with Gasteiger partial charge in [0.2, 0.25) is 0 Å². The summed E-state index contributed by atoms with van der Waals surface area (Å²) in [5.74, 6) is -0.771. The van der Waals surface area contributed by atoms with Crippen LogP contribution in [0.5, 0.6) is 0 Å². The van der Waals surface area contributed by atoms with E-state index in [0.717, 1.165) is 5.56 Å². The third kappa shape index (κ3) is 5.52. The Morgan fingerprint density at radius 3 is 2.41 bits per heavy atom. The Morgan fingerprint density at radius 2 is 1.81 bits per heavy atom. The fraction of sp³-hybridized carbons (Fsp3) is 0.680. The van der Waals surface area contributed by atoms with Crippen molar-refractivity contribution in [3.63, 3.8) is 0 Å². The molecule has 2 saturated heterocycles. The highest BCUT2D eigenvalue weighted by Gasteiger charge is 2.63. The van der Waals surface area contributed by atoms with Gasteiger partial charge in [-0.25, -0.2) is 0 Å². The molecule has 7 heteroatoms. The van der Waals surface area contributed by atoms with Crippen molar-refractivity contribution in [1.82, 2.24) is 0 Å². The average Bonchev–Trinajstić information content (AvgIpc) is 3.13. The van der Waals surface area contributed by atoms with Gasteiger partial charge in [0.15, 0.2) is 20.4 Å². The second-order valence-electron chi connectivity index (χ2n) is 10.9. The minimum atomic E-state index is -2.09. The highest BCUT2D eigenvalue weighted by atomic mass is 28.4. The van der Waals surface area contributed by atoms with E-state index in [0.29, 0.717) is 6.61 Å². The van der Waals surface area contributed by atoms with Crippen molar-refractivity contribution < 1.29 is 28.5 Å². The SMILES string of the molecule is C=CC(O)C[C@@]1(CO[Si](C)(C)C(C)(C)C)O[C@@H]2OC(C)(C)O[C@@H]2[C@H]1OCc1ccccc1. The molecule has 0 amide bonds. The van der Waals surface area contributed by atoms with Crippen LogP contribution in [-0.4, -0.2) is 56.0 Å². The number of fused-ring (bicyclic) bond motifs is 1. The molecule has 0 radical (unpaired) electrons. The molecule has 0 aliphatic carbocycles. The molecule has 180 valence electrons. The molecule has 32 heavy (non-hydrogen) atoms. The van der Waals surface area contributed by atoms with Gasteiger partial charge >= 0.3 is 0 Å². The fourth-order valence-electron chi connectivity index (χ4n) is 3.95. The van der Waals surface area contributed by atoms with Crippen molar-refractivity contribution in [2.75, 3.05) is 6.61 Å². The molecule has 1 N–H and O–H groups in total. The number of aliphatic hydroxyl groups is 1. The van der Waals surface area contributed by atoms with Gasteiger partial charge in [-0.3, -0.25) is 0 Å². The Kier molecular flexibility index (Phi) is 7.42. The van der Waals surface area contributed by atoms with Crippen LogP contribution in [0.2, 0.25) is 18.1 Å². The largest absolute Gasteiger partial charge is 0.414 e. The smallest absolute Gasteiger partial charge is 0.192 e. The molecule has 0 bridgehead atoms. The second-order valence-corrected chi connectivity index (χ2v) is 15.7. The maximum Gasteiger partial charge on any atom is 0.192 e. The normalized spacial score (nSPS) is 30.8. The number of hydrogen-bond donors (Lipinski definition) is 1. The van der Waals surface area contributed by atoms with Crippen molar-refractivity contribution in [3.05, 3.63) is 48.6 Å². The van der Waals surface area contributed by atoms with Crippen LogP contribution in [0.1, 0.15) is 46.6 Å². The van der Waals surface area contributed by atoms with E-state index < -0.39 is 44.3 Å². The van der Waals surface area contributed by atoms with Crippen molar-refractivity contribution in [1.29, 1.82) is 0 Å². The standard InChI is InChI=1S/C25H40O6Si/c1-9-19(26)15-25(17-28-32(7,8)23(2,3)4)21(27-16-18-13-11-10-12-14-18)20-22(31-25)30-24(5,6)29-20/h9-14,19-22,26H,1,15-17H2,2-8H3/t19?,20-,21-,22+,25+/m1/s1. The van der Waals surface area contributed by atoms with Gasteiger partial charge in [-0.05, 0) is 37.5 Å². The number of hydrogen-bond acceptors (Lipinski definition) is 6. The maximum atomic E-state index is 10.6. The quantitative estimate of drug-likeness (QED) is 0.419. The Hall–Kier alpha value is -1.06. The first-order valence-corrected chi connectivity index (χ1v) is 14.3. The molecule has 0 aromatic heterocycles. The summed E-state index contributed by atoms with van der Waals surface area (Å²) in [6.45, 7) is 19.2. The first-order valence-electron chi connectivity index (χ1n) is 11.4. The van der Waals surface area contributed by atoms with Crippen LogP contribution >= 0.6 is 0 Å². The molecule has 0 spiro atoms. The van der Waals surface area contributed by atoms with Gasteiger partial charge in [0.1, 0.15) is 17.8 Å². The fourth-order valence-corrected chi connectivity index (χ4v) is 4.99. The minimum Gasteiger partial charge on any atom is -0.414 e. The van der Waals surface area contributed by atoms with E-state index >= 15 is 0 Å². The summed E-state index contributed by atoms with van der Waals surface area (Å²) in [4.78, 5) is 0. The van der Waals surface area contributed by atoms with Crippen molar-refractivity contribution in [2.24, 2.45) is 0 Å². The number of rotatable bonds is 9. The Bertz CT molecular complexity index is 774. The van der Waals surface area contributed by atoms with E-state index in [1.807, 2.05) is 44.2 Å². The van der Waals surface area contributed by atoms with E-state index in [2.05, 4.69) is 40.4 Å². The highest BCUT2D eigenvalue weighted by molar-refractivity contribution is 6.74. The Morgan fingerprint density at radius 1 is 1.16 bits per heavy atom. The van der Waals surface area contributed by atoms with E-state index in [1.54, 1.807) is 0 Å². The lowest BCUT2D eigenvalue weighted by molar-refractivity contribution is -0.254. The molecule has 1 aromatic rings. The van der Waals surface area contributed by atoms with Crippen LogP contribution in [0, 0.1) is 0 Å². The molecule has 2 aliphatic heterocycles. The lowest BCUT2D eigenvalue weighted by Crippen LogP contribution is -2.54. The summed E-state index contributed by atoms with van der Waals surface area (Å²) < 4.78 is 31.8. The lowest BCUT2D eigenvalue weighted by Gasteiger charge is -2.42. The highest BCUT2D eigenvalue weighted by Crippen LogP contribution is 2.47. The maximum absolute atomic E-state index is 10.6. The molecular weight excluding hydrogens is 424 g/mol. The van der Waals surface area contributed by atoms with Crippen LogP contribution in [0.25, 0.3) is 0 Å². The van der Waals surface area contributed by atoms with Crippen LogP contribution in [0.4, 0.5) is 0 Å². The van der Waals surface area contributed by atoms with Gasteiger partial charge in [0, 0.05) is 6.42 Å². The van der Waals surface area contributed by atoms with Gasteiger partial charge in [-0.1, -0.05) is 57.2 Å². The van der Waals surface area contributed by atoms with Gasteiger partial charge < -0.3 is 28.5 Å². The summed E-state index contributed by atoms with van der Waals surface area (Å²) in [6, 6.07) is 10.00. The van der Waals surface area contributed by atoms with E-state index in [9.17, 15) is 5.11 Å². The van der Waals surface area contributed by atoms with Crippen LogP contribution in [0.15, 0.2) is 43.0 Å². The third-order valence-electron chi connectivity index (χ3n) is 6.84. The summed E-state index contributed by atoms with van der Waals surface area (Å²) in [6.07, 6.45) is -0.461. The molecule has 6 nitrogen and oxygen atoms in total. The number of benzene rings is 1. The molecular formula is C25H40O6Si. The van der Waals surface area contributed by atoms with Crippen molar-refractivity contribution >= 4 is 8.32 Å². The third-order valence-corrected chi connectivity index (χ3v) is 11.3. The first kappa shape index (κ1) is 25.6. The zero-order valence-electron chi connectivity index (χ0n) is 20.6. The van der Waals surface area contributed by atoms with E-state index in [1.165, 1.54) is 6.08 Å². The van der Waals surface area contributed by atoms with Crippen LogP contribution in [0.3, 0.4) is 0 Å². The van der Waals surface area contributed by atoms with Gasteiger partial charge in [-0.2, -0.15) is 0 Å². The summed E-state index contributed by atoms with van der Waals surface area (Å²) in [7, 11) is -2.09. The molecule has 2 fully saturated rings. The molecule has 5 atom stereocenters. The molecule has 3 rings (SSSR count). The Balaban J connectivity index is 1.91. The monoisotopic (exact) mass is 464 g/mol. The molecule has 1 aromatic carbocycles. The van der Waals surface area contributed by atoms with Gasteiger partial charge in [0.25, 0.3) is 0 Å². The molecule has 0 saturated carbocycles. The molecule has 2 aliphatic rings. The van der Waals surface area contributed by atoms with Crippen LogP contribution in [-0.2, 0) is 30.0 Å². The molecule has 2 heterocycles. The summed E-state index contributed by atoms with van der Waals surface area (Å²) in [5.41, 5.74) is 0.126. The summed E-state index contributed by atoms with van der Waals surface area (Å²) in [5, 5.41) is 10.6. The lowest BCUT2D eigenvalue weighted by atomic mass is 9.89. The number of aliphatic hydroxyl groups excluding tert-OH is 1. The zero-order valence-corrected chi connectivity index (χ0v) is 21.6. The van der Waals surface area contributed by atoms with Gasteiger partial charge in [-0.15, -0.1) is 6.58 Å². The van der Waals surface area contributed by atoms with Crippen molar-refractivity contribution in [2.45, 2.75) is 102 Å². The van der Waals surface area contributed by atoms with E-state index in [-0.39, 0.29) is 18.1 Å². The predicted molar refractivity (Wildman–Crippen MR) is 127 cm³/mol. The number of ether oxygens (including phenoxy) is 4. The molecule has 1 unspecified atom stereocenters. The summed E-state index contributed by atoms with van der Waals surface area (Å²) >= 11 is 0. The topological polar surface area (TPSA) is 66.4 Å². The minimum absolute atomic E-state index is 0.0368. The predicted octanol–water partition coefficient (Wildman–Crippen LogP) is 4.78. The Labute approximate surface area is 194 Å². The van der Waals surface area contributed by atoms with Gasteiger partial charge in [0.05, 0.1) is 19.3 Å².